The highest BCUT2D eigenvalue weighted by atomic mass is 19.4. The number of nitrogens with one attached hydrogen (secondary N) is 2. The van der Waals surface area contributed by atoms with Crippen molar-refractivity contribution >= 4 is 17.4 Å². The Hall–Kier alpha value is -2.70. The Morgan fingerprint density at radius 2 is 1.70 bits per heavy atom. The molecule has 122 valence electrons. The Kier molecular flexibility index (Phi) is 5.10. The number of para-hydroxylation sites is 2. The molecule has 0 saturated heterocycles. The monoisotopic (exact) mass is 324 g/mol. The zero-order chi connectivity index (χ0) is 16.9. The van der Waals surface area contributed by atoms with Gasteiger partial charge in [-0.1, -0.05) is 12.1 Å². The van der Waals surface area contributed by atoms with Crippen LogP contribution < -0.4 is 15.4 Å². The van der Waals surface area contributed by atoms with E-state index < -0.39 is 17.8 Å². The molecule has 7 heteroatoms. The molecule has 2 aromatic carbocycles. The largest absolute Gasteiger partial charge is 0.492 e. The lowest BCUT2D eigenvalue weighted by Crippen LogP contribution is -2.20. The molecule has 2 amide bonds. The van der Waals surface area contributed by atoms with Crippen molar-refractivity contribution in [2.45, 2.75) is 13.1 Å². The van der Waals surface area contributed by atoms with E-state index in [1.165, 1.54) is 12.1 Å². The first kappa shape index (κ1) is 16.7. The van der Waals surface area contributed by atoms with E-state index in [1.807, 2.05) is 6.92 Å². The molecule has 0 unspecified atom stereocenters. The summed E-state index contributed by atoms with van der Waals surface area (Å²) < 4.78 is 42.8. The summed E-state index contributed by atoms with van der Waals surface area (Å²) in [6, 6.07) is 10.5. The molecule has 0 spiro atoms. The molecule has 0 heterocycles. The first-order valence-electron chi connectivity index (χ1n) is 6.87. The number of amides is 2. The highest BCUT2D eigenvalue weighted by molar-refractivity contribution is 6.00. The second-order valence-corrected chi connectivity index (χ2v) is 4.58. The number of carbonyl (C=O) groups is 1. The van der Waals surface area contributed by atoms with Crippen molar-refractivity contribution in [2.75, 3.05) is 17.2 Å². The average Bonchev–Trinajstić information content (AvgIpc) is 2.49. The summed E-state index contributed by atoms with van der Waals surface area (Å²) in [6.45, 7) is 2.26. The van der Waals surface area contributed by atoms with Crippen LogP contribution in [0.3, 0.4) is 0 Å². The minimum Gasteiger partial charge on any atom is -0.492 e. The van der Waals surface area contributed by atoms with Crippen molar-refractivity contribution in [3.05, 3.63) is 54.1 Å². The van der Waals surface area contributed by atoms with Gasteiger partial charge in [0.25, 0.3) is 0 Å². The van der Waals surface area contributed by atoms with Crippen LogP contribution >= 0.6 is 0 Å². The number of rotatable bonds is 4. The molecule has 4 nitrogen and oxygen atoms in total. The number of carbonyl (C=O) groups excluding carboxylic acids is 1. The van der Waals surface area contributed by atoms with Crippen LogP contribution in [0.25, 0.3) is 0 Å². The van der Waals surface area contributed by atoms with Gasteiger partial charge in [-0.2, -0.15) is 13.2 Å². The van der Waals surface area contributed by atoms with E-state index in [2.05, 4.69) is 10.6 Å². The van der Waals surface area contributed by atoms with Gasteiger partial charge in [-0.25, -0.2) is 4.79 Å². The van der Waals surface area contributed by atoms with E-state index in [1.54, 1.807) is 24.3 Å². The van der Waals surface area contributed by atoms with Gasteiger partial charge in [-0.05, 0) is 43.3 Å². The Morgan fingerprint density at radius 3 is 2.30 bits per heavy atom. The van der Waals surface area contributed by atoms with Crippen molar-refractivity contribution in [3.8, 4) is 5.75 Å². The number of alkyl halides is 3. The molecule has 0 aliphatic rings. The highest BCUT2D eigenvalue weighted by Crippen LogP contribution is 2.30. The molecule has 0 aliphatic carbocycles. The van der Waals surface area contributed by atoms with Crippen molar-refractivity contribution in [3.63, 3.8) is 0 Å². The standard InChI is InChI=1S/C16H15F3N2O2/c1-2-23-14-6-4-3-5-13(14)21-15(22)20-12-9-7-11(8-10-12)16(17,18)19/h3-10H,2H2,1H3,(H2,20,21,22). The molecule has 23 heavy (non-hydrogen) atoms. The number of benzene rings is 2. The lowest BCUT2D eigenvalue weighted by Gasteiger charge is -2.12. The normalized spacial score (nSPS) is 11.0. The summed E-state index contributed by atoms with van der Waals surface area (Å²) in [5.74, 6) is 0.512. The van der Waals surface area contributed by atoms with Gasteiger partial charge in [0, 0.05) is 5.69 Å². The maximum atomic E-state index is 12.5. The lowest BCUT2D eigenvalue weighted by molar-refractivity contribution is -0.137. The zero-order valence-corrected chi connectivity index (χ0v) is 12.3. The Balaban J connectivity index is 2.03. The maximum Gasteiger partial charge on any atom is 0.416 e. The van der Waals surface area contributed by atoms with Gasteiger partial charge in [-0.3, -0.25) is 0 Å². The quantitative estimate of drug-likeness (QED) is 0.853. The average molecular weight is 324 g/mol. The number of hydrogen-bond donors (Lipinski definition) is 2. The molecule has 2 rings (SSSR count). The number of ether oxygens (including phenoxy) is 1. The summed E-state index contributed by atoms with van der Waals surface area (Å²) in [6.07, 6.45) is -4.41. The Labute approximate surface area is 131 Å². The van der Waals surface area contributed by atoms with E-state index in [-0.39, 0.29) is 5.69 Å². The van der Waals surface area contributed by atoms with Gasteiger partial charge in [-0.15, -0.1) is 0 Å². The molecule has 0 bridgehead atoms. The van der Waals surface area contributed by atoms with Crippen LogP contribution in [-0.4, -0.2) is 12.6 Å². The van der Waals surface area contributed by atoms with Gasteiger partial charge in [0.05, 0.1) is 17.9 Å². The van der Waals surface area contributed by atoms with Crippen LogP contribution in [0.4, 0.5) is 29.3 Å². The third-order valence-electron chi connectivity index (χ3n) is 2.91. The smallest absolute Gasteiger partial charge is 0.416 e. The van der Waals surface area contributed by atoms with Crippen molar-refractivity contribution in [1.29, 1.82) is 0 Å². The predicted octanol–water partition coefficient (Wildman–Crippen LogP) is 4.75. The predicted molar refractivity (Wildman–Crippen MR) is 81.7 cm³/mol. The molecular weight excluding hydrogens is 309 g/mol. The van der Waals surface area contributed by atoms with Crippen molar-refractivity contribution < 1.29 is 22.7 Å². The first-order valence-corrected chi connectivity index (χ1v) is 6.87. The zero-order valence-electron chi connectivity index (χ0n) is 12.3. The third kappa shape index (κ3) is 4.64. The number of halogens is 3. The summed E-state index contributed by atoms with van der Waals surface area (Å²) in [5, 5.41) is 5.06. The van der Waals surface area contributed by atoms with E-state index in [9.17, 15) is 18.0 Å². The SMILES string of the molecule is CCOc1ccccc1NC(=O)Nc1ccc(C(F)(F)F)cc1. The van der Waals surface area contributed by atoms with Crippen molar-refractivity contribution in [2.24, 2.45) is 0 Å². The maximum absolute atomic E-state index is 12.5. The second kappa shape index (κ2) is 7.04. The van der Waals surface area contributed by atoms with Gasteiger partial charge in [0.15, 0.2) is 0 Å². The van der Waals surface area contributed by atoms with Crippen LogP contribution in [0.5, 0.6) is 5.75 Å². The van der Waals surface area contributed by atoms with Crippen LogP contribution in [0.2, 0.25) is 0 Å². The lowest BCUT2D eigenvalue weighted by atomic mass is 10.2. The molecular formula is C16H15F3N2O2. The fourth-order valence-corrected chi connectivity index (χ4v) is 1.88. The first-order chi connectivity index (χ1) is 10.9. The molecule has 2 N–H and O–H groups in total. The summed E-state index contributed by atoms with van der Waals surface area (Å²) >= 11 is 0. The molecule has 0 aliphatic heterocycles. The molecule has 0 saturated carbocycles. The second-order valence-electron chi connectivity index (χ2n) is 4.58. The van der Waals surface area contributed by atoms with Crippen LogP contribution in [0.15, 0.2) is 48.5 Å². The fraction of sp³-hybridized carbons (Fsp3) is 0.188. The fourth-order valence-electron chi connectivity index (χ4n) is 1.88. The molecule has 0 fully saturated rings. The molecule has 0 atom stereocenters. The van der Waals surface area contributed by atoms with Crippen LogP contribution in [0, 0.1) is 0 Å². The van der Waals surface area contributed by atoms with Gasteiger partial charge < -0.3 is 15.4 Å². The van der Waals surface area contributed by atoms with E-state index in [4.69, 9.17) is 4.74 Å². The van der Waals surface area contributed by atoms with Crippen LogP contribution in [0.1, 0.15) is 12.5 Å². The number of anilines is 2. The summed E-state index contributed by atoms with van der Waals surface area (Å²) in [4.78, 5) is 11.9. The van der Waals surface area contributed by atoms with Crippen molar-refractivity contribution in [1.82, 2.24) is 0 Å². The minimum absolute atomic E-state index is 0.254. The van der Waals surface area contributed by atoms with E-state index in [0.717, 1.165) is 12.1 Å². The molecule has 0 radical (unpaired) electrons. The Morgan fingerprint density at radius 1 is 1.04 bits per heavy atom. The number of hydrogen-bond acceptors (Lipinski definition) is 2. The topological polar surface area (TPSA) is 50.4 Å². The van der Waals surface area contributed by atoms with E-state index >= 15 is 0 Å². The Bertz CT molecular complexity index is 670. The summed E-state index contributed by atoms with van der Waals surface area (Å²) in [7, 11) is 0. The summed E-state index contributed by atoms with van der Waals surface area (Å²) in [5.41, 5.74) is -0.0479. The molecule has 2 aromatic rings. The highest BCUT2D eigenvalue weighted by Gasteiger charge is 2.29. The van der Waals surface area contributed by atoms with Gasteiger partial charge in [0.2, 0.25) is 0 Å². The van der Waals surface area contributed by atoms with Gasteiger partial charge >= 0.3 is 12.2 Å². The van der Waals surface area contributed by atoms with Gasteiger partial charge in [0.1, 0.15) is 5.75 Å². The van der Waals surface area contributed by atoms with Crippen LogP contribution in [-0.2, 0) is 6.18 Å². The number of urea groups is 1. The molecule has 0 aromatic heterocycles. The van der Waals surface area contributed by atoms with E-state index in [0.29, 0.717) is 18.0 Å². The minimum atomic E-state index is -4.41. The third-order valence-corrected chi connectivity index (χ3v) is 2.91.